The van der Waals surface area contributed by atoms with Crippen LogP contribution in [-0.4, -0.2) is 36.6 Å². The van der Waals surface area contributed by atoms with Crippen LogP contribution in [0.25, 0.3) is 0 Å². The van der Waals surface area contributed by atoms with Gasteiger partial charge in [0.15, 0.2) is 6.61 Å². The molecule has 31 heavy (non-hydrogen) atoms. The number of rotatable bonds is 8. The summed E-state index contributed by atoms with van der Waals surface area (Å²) >= 11 is 3.42. The summed E-state index contributed by atoms with van der Waals surface area (Å²) in [5.41, 5.74) is 4.57. The van der Waals surface area contributed by atoms with E-state index in [1.807, 2.05) is 32.9 Å². The van der Waals surface area contributed by atoms with Crippen LogP contribution in [-0.2, 0) is 14.4 Å². The third-order valence-electron chi connectivity index (χ3n) is 4.27. The lowest BCUT2D eigenvalue weighted by atomic mass is 10.2. The molecule has 0 aliphatic heterocycles. The second-order valence-corrected chi connectivity index (χ2v) is 7.71. The number of carbonyl (C=O) groups is 3. The number of nitrogens with one attached hydrogen (secondary N) is 3. The fraction of sp³-hybridized carbons (Fsp3) is 0.273. The predicted molar refractivity (Wildman–Crippen MR) is 123 cm³/mol. The fourth-order valence-electron chi connectivity index (χ4n) is 2.33. The highest BCUT2D eigenvalue weighted by atomic mass is 79.9. The molecule has 0 heterocycles. The molecule has 0 radical (unpaired) electrons. The van der Waals surface area contributed by atoms with Crippen molar-refractivity contribution in [2.45, 2.75) is 33.2 Å². The van der Waals surface area contributed by atoms with Gasteiger partial charge in [-0.3, -0.25) is 14.4 Å². The number of hydrogen-bond donors (Lipinski definition) is 3. The third kappa shape index (κ3) is 8.21. The van der Waals surface area contributed by atoms with Crippen LogP contribution in [0.5, 0.6) is 5.75 Å². The monoisotopic (exact) mass is 488 g/mol. The highest BCUT2D eigenvalue weighted by Gasteiger charge is 2.14. The van der Waals surface area contributed by atoms with Crippen LogP contribution >= 0.6 is 15.9 Å². The van der Waals surface area contributed by atoms with Crippen LogP contribution in [0, 0.1) is 6.92 Å². The standard InChI is InChI=1S/C22H25BrN4O4/c1-4-15(3)25-21(29)22(30)27-24-12-16-5-8-18(9-6-16)31-13-20(28)26-17-7-10-19(23)14(2)11-17/h5-12,15H,4,13H2,1-3H3,(H,25,29)(H,26,28)(H,27,30)/b24-12-/t15-/m1/s1. The van der Waals surface area contributed by atoms with Crippen molar-refractivity contribution < 1.29 is 19.1 Å². The largest absolute Gasteiger partial charge is 0.484 e. The van der Waals surface area contributed by atoms with Crippen LogP contribution < -0.4 is 20.8 Å². The van der Waals surface area contributed by atoms with Gasteiger partial charge in [-0.05, 0) is 73.9 Å². The summed E-state index contributed by atoms with van der Waals surface area (Å²) in [5, 5.41) is 9.09. The smallest absolute Gasteiger partial charge is 0.329 e. The van der Waals surface area contributed by atoms with Crippen molar-refractivity contribution >= 4 is 45.6 Å². The summed E-state index contributed by atoms with van der Waals surface area (Å²) in [6.45, 7) is 5.52. The number of halogens is 1. The van der Waals surface area contributed by atoms with E-state index in [-0.39, 0.29) is 18.6 Å². The lowest BCUT2D eigenvalue weighted by Crippen LogP contribution is -2.41. The number of benzene rings is 2. The molecule has 1 atom stereocenters. The fourth-order valence-corrected chi connectivity index (χ4v) is 2.57. The average Bonchev–Trinajstić information content (AvgIpc) is 2.75. The van der Waals surface area contributed by atoms with E-state index >= 15 is 0 Å². The number of anilines is 1. The van der Waals surface area contributed by atoms with E-state index in [4.69, 9.17) is 4.74 Å². The minimum atomic E-state index is -0.830. The molecule has 2 rings (SSSR count). The Labute approximate surface area is 189 Å². The van der Waals surface area contributed by atoms with Gasteiger partial charge in [0.25, 0.3) is 5.91 Å². The zero-order valence-electron chi connectivity index (χ0n) is 17.6. The summed E-state index contributed by atoms with van der Waals surface area (Å²) < 4.78 is 6.45. The van der Waals surface area contributed by atoms with E-state index in [0.717, 1.165) is 16.5 Å². The molecule has 8 nitrogen and oxygen atoms in total. The number of hydrogen-bond acceptors (Lipinski definition) is 5. The Balaban J connectivity index is 1.78. The van der Waals surface area contributed by atoms with E-state index in [1.165, 1.54) is 6.21 Å². The molecule has 0 aliphatic rings. The molecule has 2 aromatic rings. The first kappa shape index (κ1) is 24.1. The van der Waals surface area contributed by atoms with Gasteiger partial charge < -0.3 is 15.4 Å². The summed E-state index contributed by atoms with van der Waals surface area (Å²) in [7, 11) is 0. The number of aryl methyl sites for hydroxylation is 1. The van der Waals surface area contributed by atoms with Crippen molar-refractivity contribution in [3.63, 3.8) is 0 Å². The molecule has 0 saturated heterocycles. The number of ether oxygens (including phenoxy) is 1. The van der Waals surface area contributed by atoms with Crippen LogP contribution in [0.4, 0.5) is 5.69 Å². The molecule has 0 fully saturated rings. The average molecular weight is 489 g/mol. The van der Waals surface area contributed by atoms with E-state index in [9.17, 15) is 14.4 Å². The van der Waals surface area contributed by atoms with Crippen molar-refractivity contribution in [2.24, 2.45) is 5.10 Å². The van der Waals surface area contributed by atoms with Crippen molar-refractivity contribution in [2.75, 3.05) is 11.9 Å². The maximum absolute atomic E-state index is 12.1. The van der Waals surface area contributed by atoms with Crippen LogP contribution in [0.3, 0.4) is 0 Å². The van der Waals surface area contributed by atoms with Gasteiger partial charge in [-0.25, -0.2) is 5.43 Å². The molecular weight excluding hydrogens is 464 g/mol. The van der Waals surface area contributed by atoms with Gasteiger partial charge >= 0.3 is 11.8 Å². The summed E-state index contributed by atoms with van der Waals surface area (Å²) in [5.74, 6) is -1.32. The second-order valence-electron chi connectivity index (χ2n) is 6.85. The molecule has 3 N–H and O–H groups in total. The van der Waals surface area contributed by atoms with E-state index < -0.39 is 11.8 Å². The molecule has 0 unspecified atom stereocenters. The molecule has 0 bridgehead atoms. The van der Waals surface area contributed by atoms with E-state index in [1.54, 1.807) is 30.3 Å². The Morgan fingerprint density at radius 3 is 2.48 bits per heavy atom. The van der Waals surface area contributed by atoms with Crippen LogP contribution in [0.15, 0.2) is 52.0 Å². The van der Waals surface area contributed by atoms with Crippen molar-refractivity contribution in [1.82, 2.24) is 10.7 Å². The molecule has 0 saturated carbocycles. The van der Waals surface area contributed by atoms with Gasteiger partial charge in [-0.2, -0.15) is 5.10 Å². The molecule has 164 valence electrons. The van der Waals surface area contributed by atoms with Gasteiger partial charge in [0, 0.05) is 16.2 Å². The quantitative estimate of drug-likeness (QED) is 0.301. The minimum Gasteiger partial charge on any atom is -0.484 e. The maximum atomic E-state index is 12.1. The van der Waals surface area contributed by atoms with Crippen LogP contribution in [0.1, 0.15) is 31.4 Å². The van der Waals surface area contributed by atoms with Gasteiger partial charge in [0.05, 0.1) is 6.21 Å². The van der Waals surface area contributed by atoms with E-state index in [2.05, 4.69) is 37.1 Å². The highest BCUT2D eigenvalue weighted by molar-refractivity contribution is 9.10. The van der Waals surface area contributed by atoms with Crippen LogP contribution in [0.2, 0.25) is 0 Å². The zero-order valence-corrected chi connectivity index (χ0v) is 19.2. The molecule has 0 spiro atoms. The normalized spacial score (nSPS) is 11.6. The minimum absolute atomic E-state index is 0.0872. The van der Waals surface area contributed by atoms with Gasteiger partial charge in [0.2, 0.25) is 0 Å². The first-order valence-electron chi connectivity index (χ1n) is 9.71. The second kappa shape index (κ2) is 11.8. The lowest BCUT2D eigenvalue weighted by Gasteiger charge is -2.09. The molecule has 2 aromatic carbocycles. The Kier molecular flexibility index (Phi) is 9.20. The van der Waals surface area contributed by atoms with E-state index in [0.29, 0.717) is 17.0 Å². The third-order valence-corrected chi connectivity index (χ3v) is 5.16. The summed E-state index contributed by atoms with van der Waals surface area (Å²) in [4.78, 5) is 35.3. The maximum Gasteiger partial charge on any atom is 0.329 e. The zero-order chi connectivity index (χ0) is 22.8. The molecular formula is C22H25BrN4O4. The Morgan fingerprint density at radius 1 is 1.13 bits per heavy atom. The number of amides is 3. The first-order chi connectivity index (χ1) is 14.8. The van der Waals surface area contributed by atoms with Crippen molar-refractivity contribution in [1.29, 1.82) is 0 Å². The van der Waals surface area contributed by atoms with Gasteiger partial charge in [-0.1, -0.05) is 22.9 Å². The summed E-state index contributed by atoms with van der Waals surface area (Å²) in [6, 6.07) is 12.2. The highest BCUT2D eigenvalue weighted by Crippen LogP contribution is 2.20. The number of nitrogens with zero attached hydrogens (tertiary/aromatic N) is 1. The lowest BCUT2D eigenvalue weighted by molar-refractivity contribution is -0.139. The topological polar surface area (TPSA) is 109 Å². The Hall–Kier alpha value is -3.20. The van der Waals surface area contributed by atoms with Gasteiger partial charge in [0.1, 0.15) is 5.75 Å². The molecule has 3 amide bonds. The summed E-state index contributed by atoms with van der Waals surface area (Å²) in [6.07, 6.45) is 2.13. The first-order valence-corrected chi connectivity index (χ1v) is 10.5. The SMILES string of the molecule is CC[C@@H](C)NC(=O)C(=O)N/N=C\c1ccc(OCC(=O)Nc2ccc(Br)c(C)c2)cc1. The number of carbonyl (C=O) groups excluding carboxylic acids is 3. The van der Waals surface area contributed by atoms with Gasteiger partial charge in [-0.15, -0.1) is 0 Å². The Morgan fingerprint density at radius 2 is 1.84 bits per heavy atom. The van der Waals surface area contributed by atoms with Crippen molar-refractivity contribution in [3.05, 3.63) is 58.1 Å². The Bertz CT molecular complexity index is 960. The molecule has 9 heteroatoms. The number of hydrazone groups is 1. The molecule has 0 aromatic heterocycles. The van der Waals surface area contributed by atoms with Crippen molar-refractivity contribution in [3.8, 4) is 5.75 Å². The predicted octanol–water partition coefficient (Wildman–Crippen LogP) is 3.14. The molecule has 0 aliphatic carbocycles.